The van der Waals surface area contributed by atoms with Crippen LogP contribution < -0.4 is 15.8 Å². The molecular weight excluding hydrogens is 738 g/mol. The maximum Gasteiger partial charge on any atom is 0.232 e. The van der Waals surface area contributed by atoms with Gasteiger partial charge < -0.3 is 16.2 Å². The molecule has 3 heterocycles. The topological polar surface area (TPSA) is 169 Å². The lowest BCUT2D eigenvalue weighted by molar-refractivity contribution is -0.128. The quantitative estimate of drug-likeness (QED) is 0.136. The molecule has 0 aliphatic carbocycles. The van der Waals surface area contributed by atoms with Gasteiger partial charge in [-0.15, -0.1) is 0 Å². The Morgan fingerprint density at radius 1 is 1.09 bits per heavy atom. The summed E-state index contributed by atoms with van der Waals surface area (Å²) in [5, 5.41) is 18.2. The minimum absolute atomic E-state index is 0.0316. The third kappa shape index (κ3) is 7.66. The molecule has 1 aliphatic rings. The molecule has 1 aliphatic heterocycles. The highest BCUT2D eigenvalue weighted by molar-refractivity contribution is 7.92. The number of aryl methyl sites for hydroxylation is 3. The minimum Gasteiger partial charge on any atom is -0.378 e. The Morgan fingerprint density at radius 3 is 2.37 bits per heavy atom. The first kappa shape index (κ1) is 38.4. The van der Waals surface area contributed by atoms with Gasteiger partial charge in [0.1, 0.15) is 22.9 Å². The Hall–Kier alpha value is -5.36. The Balaban J connectivity index is 1.70. The molecule has 11 nitrogen and oxygen atoms in total. The zero-order chi connectivity index (χ0) is 39.4. The van der Waals surface area contributed by atoms with Gasteiger partial charge >= 0.3 is 0 Å². The van der Waals surface area contributed by atoms with E-state index >= 15 is 0 Å². The van der Waals surface area contributed by atoms with Gasteiger partial charge in [0.2, 0.25) is 21.8 Å². The summed E-state index contributed by atoms with van der Waals surface area (Å²) < 4.78 is 58.0. The van der Waals surface area contributed by atoms with Crippen molar-refractivity contribution < 1.29 is 31.9 Å². The number of anilines is 2. The number of hydrogen-bond donors (Lipinski definition) is 4. The number of halogens is 3. The van der Waals surface area contributed by atoms with Crippen LogP contribution in [0, 0.1) is 43.2 Å². The fraction of sp³-hybridized carbons (Fsp3) is 0.282. The van der Waals surface area contributed by atoms with Gasteiger partial charge in [-0.3, -0.25) is 19.0 Å². The zero-order valence-corrected chi connectivity index (χ0v) is 31.7. The predicted octanol–water partition coefficient (Wildman–Crippen LogP) is 5.84. The van der Waals surface area contributed by atoms with Crippen LogP contribution in [0.3, 0.4) is 0 Å². The number of aromatic nitrogens is 3. The summed E-state index contributed by atoms with van der Waals surface area (Å²) in [6.07, 6.45) is 0.767. The maximum atomic E-state index is 14.8. The number of rotatable bonds is 9. The van der Waals surface area contributed by atoms with Crippen molar-refractivity contribution in [1.82, 2.24) is 14.8 Å². The van der Waals surface area contributed by atoms with E-state index in [0.717, 1.165) is 35.6 Å². The van der Waals surface area contributed by atoms with E-state index in [9.17, 15) is 31.9 Å². The average molecular weight is 775 g/mol. The summed E-state index contributed by atoms with van der Waals surface area (Å²) in [5.74, 6) is -1.09. The van der Waals surface area contributed by atoms with Gasteiger partial charge in [-0.05, 0) is 92.6 Å². The normalized spacial score (nSPS) is 15.3. The molecule has 5 aromatic rings. The molecule has 0 radical (unpaired) electrons. The van der Waals surface area contributed by atoms with Crippen molar-refractivity contribution in [1.29, 1.82) is 0 Å². The van der Waals surface area contributed by atoms with Gasteiger partial charge in [0.15, 0.2) is 5.82 Å². The van der Waals surface area contributed by atoms with Crippen LogP contribution >= 0.6 is 11.6 Å². The molecule has 3 aromatic carbocycles. The molecule has 15 heteroatoms. The van der Waals surface area contributed by atoms with Crippen molar-refractivity contribution in [2.24, 2.45) is 18.7 Å². The zero-order valence-electron chi connectivity index (χ0n) is 30.2. The van der Waals surface area contributed by atoms with Gasteiger partial charge in [0.25, 0.3) is 0 Å². The largest absolute Gasteiger partial charge is 0.378 e. The molecule has 0 spiro atoms. The average Bonchev–Trinajstić information content (AvgIpc) is 3.57. The van der Waals surface area contributed by atoms with Gasteiger partial charge in [0.05, 0.1) is 39.7 Å². The number of nitrogens with two attached hydrogens (primary N) is 1. The summed E-state index contributed by atoms with van der Waals surface area (Å²) in [6.45, 7) is 6.63. The number of carbonyl (C=O) groups excluding carboxylic acids is 2. The lowest BCUT2D eigenvalue weighted by atomic mass is 9.71. The van der Waals surface area contributed by atoms with Crippen molar-refractivity contribution in [2.75, 3.05) is 16.3 Å². The first-order valence-corrected chi connectivity index (χ1v) is 19.0. The van der Waals surface area contributed by atoms with E-state index in [1.54, 1.807) is 31.3 Å². The van der Waals surface area contributed by atoms with E-state index in [1.807, 2.05) is 26.0 Å². The van der Waals surface area contributed by atoms with Crippen LogP contribution in [-0.2, 0) is 33.1 Å². The van der Waals surface area contributed by atoms with Crippen molar-refractivity contribution in [3.63, 3.8) is 0 Å². The molecule has 0 saturated carbocycles. The van der Waals surface area contributed by atoms with Crippen LogP contribution in [0.2, 0.25) is 5.02 Å². The Morgan fingerprint density at radius 2 is 1.74 bits per heavy atom. The number of primary amides is 1. The summed E-state index contributed by atoms with van der Waals surface area (Å²) >= 11 is 6.66. The molecule has 2 unspecified atom stereocenters. The summed E-state index contributed by atoms with van der Waals surface area (Å²) in [6, 6.07) is 13.2. The van der Waals surface area contributed by atoms with E-state index in [1.165, 1.54) is 18.5 Å². The molecule has 6 rings (SSSR count). The number of fused-ring (bicyclic) bond motifs is 2. The molecule has 3 atom stereocenters. The number of nitrogens with zero attached hydrogens (tertiary/aromatic N) is 3. The Kier molecular flexibility index (Phi) is 10.0. The second-order valence-corrected chi connectivity index (χ2v) is 16.2. The minimum atomic E-state index is -3.79. The van der Waals surface area contributed by atoms with E-state index in [0.29, 0.717) is 27.9 Å². The number of amides is 2. The second-order valence-electron chi connectivity index (χ2n) is 14.1. The third-order valence-corrected chi connectivity index (χ3v) is 10.2. The maximum absolute atomic E-state index is 14.8. The fourth-order valence-corrected chi connectivity index (χ4v) is 7.90. The third-order valence-electron chi connectivity index (χ3n) is 9.29. The van der Waals surface area contributed by atoms with Crippen LogP contribution in [0.1, 0.15) is 59.3 Å². The van der Waals surface area contributed by atoms with E-state index in [-0.39, 0.29) is 39.6 Å². The summed E-state index contributed by atoms with van der Waals surface area (Å²) in [5.41, 5.74) is 9.17. The molecular formula is C39H37ClF2N6O5S. The van der Waals surface area contributed by atoms with E-state index in [4.69, 9.17) is 22.3 Å². The number of sulfonamides is 1. The van der Waals surface area contributed by atoms with Gasteiger partial charge in [-0.1, -0.05) is 35.7 Å². The number of aliphatic hydroxyl groups is 1. The number of pyridine rings is 1. The Bertz CT molecular complexity index is 2540. The number of nitrogens with one attached hydrogen (secondary N) is 2. The number of hydrogen-bond acceptors (Lipinski definition) is 7. The summed E-state index contributed by atoms with van der Waals surface area (Å²) in [7, 11) is -2.19. The van der Waals surface area contributed by atoms with Crippen molar-refractivity contribution in [2.45, 2.75) is 51.6 Å². The standard InChI is InChI=1S/C39H37ClF2N6O5S/c1-19-7-8-20(2)33-29(19)32(38(50)45-33)30(36(43)49)27(17-21-15-22(41)18-23(42)16-21)34-25(10-9-24(44-34)13-14-39(3,4)51)26-11-12-28(40)31-35(26)48(5)46-37(31)47-54(6,52)53/h7-12,15-16,18,27,30,32,51H,17H2,1-6H3,(H2,43,49)(H,45,50)(H,46,47)/t27-,30?,32?/m0/s1. The summed E-state index contributed by atoms with van der Waals surface area (Å²) in [4.78, 5) is 32.8. The second kappa shape index (κ2) is 14.1. The van der Waals surface area contributed by atoms with Crippen molar-refractivity contribution in [3.05, 3.63) is 105 Å². The lowest BCUT2D eigenvalue weighted by Crippen LogP contribution is -2.38. The SMILES string of the molecule is Cc1ccc(C)c2c1NC(=O)C2C(C(N)=O)[C@H](Cc1cc(F)cc(F)c1)c1nc(C#CC(C)(C)O)ccc1-c1ccc(Cl)c2c(NS(C)(=O)=O)nn(C)c12. The predicted molar refractivity (Wildman–Crippen MR) is 203 cm³/mol. The Labute approximate surface area is 316 Å². The van der Waals surface area contributed by atoms with Crippen LogP contribution in [0.4, 0.5) is 20.3 Å². The first-order chi connectivity index (χ1) is 25.2. The fourth-order valence-electron chi connectivity index (χ4n) is 7.16. The van der Waals surface area contributed by atoms with Gasteiger partial charge in [-0.25, -0.2) is 22.2 Å². The lowest BCUT2D eigenvalue weighted by Gasteiger charge is -2.31. The molecule has 0 bridgehead atoms. The van der Waals surface area contributed by atoms with E-state index in [2.05, 4.69) is 27.0 Å². The highest BCUT2D eigenvalue weighted by atomic mass is 35.5. The molecule has 2 aromatic heterocycles. The smallest absolute Gasteiger partial charge is 0.232 e. The highest BCUT2D eigenvalue weighted by Crippen LogP contribution is 2.49. The van der Waals surface area contributed by atoms with Crippen molar-refractivity contribution in [3.8, 4) is 23.0 Å². The van der Waals surface area contributed by atoms with Crippen molar-refractivity contribution >= 4 is 55.8 Å². The van der Waals surface area contributed by atoms with Crippen LogP contribution in [0.15, 0.2) is 54.6 Å². The molecule has 2 amide bonds. The number of benzene rings is 3. The van der Waals surface area contributed by atoms with Crippen LogP contribution in [0.25, 0.3) is 22.0 Å². The molecule has 5 N–H and O–H groups in total. The van der Waals surface area contributed by atoms with Gasteiger partial charge in [-0.2, -0.15) is 5.10 Å². The van der Waals surface area contributed by atoms with Crippen LogP contribution in [0.5, 0.6) is 0 Å². The molecule has 0 saturated heterocycles. The molecule has 0 fully saturated rings. The first-order valence-electron chi connectivity index (χ1n) is 16.8. The van der Waals surface area contributed by atoms with Gasteiger partial charge in [0, 0.05) is 35.8 Å². The molecule has 280 valence electrons. The number of carbonyl (C=O) groups is 2. The van der Waals surface area contributed by atoms with E-state index < -0.39 is 56.8 Å². The highest BCUT2D eigenvalue weighted by Gasteiger charge is 2.46. The molecule has 54 heavy (non-hydrogen) atoms. The van der Waals surface area contributed by atoms with Crippen LogP contribution in [-0.4, -0.2) is 52.0 Å². The monoisotopic (exact) mass is 774 g/mol.